The molecular weight excluding hydrogens is 220 g/mol. The van der Waals surface area contributed by atoms with Crippen molar-refractivity contribution >= 4 is 22.4 Å². The normalized spacial score (nSPS) is 10.8. The van der Waals surface area contributed by atoms with Gasteiger partial charge in [0.15, 0.2) is 5.52 Å². The van der Waals surface area contributed by atoms with Gasteiger partial charge in [-0.3, -0.25) is 10.1 Å². The number of nitrogens with zero attached hydrogens (tertiary/aromatic N) is 3. The minimum Gasteiger partial charge on any atom is -0.367 e. The van der Waals surface area contributed by atoms with E-state index in [2.05, 4.69) is 15.3 Å². The number of fused-ring (bicyclic) bond motifs is 1. The van der Waals surface area contributed by atoms with E-state index in [-0.39, 0.29) is 11.7 Å². The van der Waals surface area contributed by atoms with Gasteiger partial charge in [0.25, 0.3) is 5.69 Å². The van der Waals surface area contributed by atoms with Crippen LogP contribution in [0.2, 0.25) is 0 Å². The summed E-state index contributed by atoms with van der Waals surface area (Å²) < 4.78 is 0. The standard InChI is InChI=1S/C11H12N4O2/c1-7(2)14-11-8-4-3-5-9(15(16)17)10(8)12-6-13-11/h3-7H,1-2H3,(H,12,13,14). The Bertz CT molecular complexity index is 568. The van der Waals surface area contributed by atoms with Crippen molar-refractivity contribution in [2.45, 2.75) is 19.9 Å². The van der Waals surface area contributed by atoms with Crippen molar-refractivity contribution in [2.75, 3.05) is 5.32 Å². The molecule has 6 nitrogen and oxygen atoms in total. The quantitative estimate of drug-likeness (QED) is 0.649. The van der Waals surface area contributed by atoms with Crippen molar-refractivity contribution in [3.8, 4) is 0 Å². The zero-order chi connectivity index (χ0) is 12.4. The van der Waals surface area contributed by atoms with E-state index >= 15 is 0 Å². The van der Waals surface area contributed by atoms with Crippen LogP contribution in [0.25, 0.3) is 10.9 Å². The molecule has 0 spiro atoms. The Hall–Kier alpha value is -2.24. The maximum atomic E-state index is 10.9. The van der Waals surface area contributed by atoms with E-state index < -0.39 is 4.92 Å². The fourth-order valence-electron chi connectivity index (χ4n) is 1.61. The lowest BCUT2D eigenvalue weighted by molar-refractivity contribution is -0.383. The van der Waals surface area contributed by atoms with Gasteiger partial charge in [-0.1, -0.05) is 6.07 Å². The van der Waals surface area contributed by atoms with Crippen molar-refractivity contribution in [1.82, 2.24) is 9.97 Å². The van der Waals surface area contributed by atoms with E-state index in [9.17, 15) is 10.1 Å². The van der Waals surface area contributed by atoms with Crippen LogP contribution in [0.15, 0.2) is 24.5 Å². The number of aromatic nitrogens is 2. The van der Waals surface area contributed by atoms with E-state index in [4.69, 9.17) is 0 Å². The Balaban J connectivity index is 2.65. The number of non-ortho nitro benzene ring substituents is 1. The van der Waals surface area contributed by atoms with Crippen LogP contribution in [0.5, 0.6) is 0 Å². The van der Waals surface area contributed by atoms with Gasteiger partial charge in [0.2, 0.25) is 0 Å². The second-order valence-electron chi connectivity index (χ2n) is 3.95. The lowest BCUT2D eigenvalue weighted by Crippen LogP contribution is -2.11. The van der Waals surface area contributed by atoms with Crippen molar-refractivity contribution < 1.29 is 4.92 Å². The van der Waals surface area contributed by atoms with Crippen LogP contribution >= 0.6 is 0 Å². The highest BCUT2D eigenvalue weighted by molar-refractivity contribution is 5.94. The Morgan fingerprint density at radius 1 is 1.35 bits per heavy atom. The highest BCUT2D eigenvalue weighted by Gasteiger charge is 2.15. The maximum Gasteiger partial charge on any atom is 0.295 e. The van der Waals surface area contributed by atoms with Crippen molar-refractivity contribution in [3.05, 3.63) is 34.6 Å². The van der Waals surface area contributed by atoms with E-state index in [0.29, 0.717) is 16.7 Å². The zero-order valence-electron chi connectivity index (χ0n) is 9.54. The third-order valence-corrected chi connectivity index (χ3v) is 2.27. The van der Waals surface area contributed by atoms with Gasteiger partial charge in [0.05, 0.1) is 4.92 Å². The molecule has 88 valence electrons. The molecule has 1 heterocycles. The number of hydrogen-bond donors (Lipinski definition) is 1. The molecule has 0 aliphatic carbocycles. The molecule has 1 aromatic heterocycles. The van der Waals surface area contributed by atoms with Gasteiger partial charge in [-0.05, 0) is 19.9 Å². The Labute approximate surface area is 97.9 Å². The molecule has 0 bridgehead atoms. The van der Waals surface area contributed by atoms with Gasteiger partial charge in [0.1, 0.15) is 12.1 Å². The summed E-state index contributed by atoms with van der Waals surface area (Å²) in [7, 11) is 0. The number of rotatable bonds is 3. The minimum atomic E-state index is -0.436. The number of nitrogens with one attached hydrogen (secondary N) is 1. The Kier molecular flexibility index (Phi) is 2.86. The molecule has 0 aliphatic heterocycles. The molecule has 17 heavy (non-hydrogen) atoms. The zero-order valence-corrected chi connectivity index (χ0v) is 9.54. The van der Waals surface area contributed by atoms with E-state index in [0.717, 1.165) is 0 Å². The predicted molar refractivity (Wildman–Crippen MR) is 65.0 cm³/mol. The lowest BCUT2D eigenvalue weighted by atomic mass is 10.2. The molecule has 2 rings (SSSR count). The van der Waals surface area contributed by atoms with Crippen molar-refractivity contribution in [1.29, 1.82) is 0 Å². The van der Waals surface area contributed by atoms with Gasteiger partial charge < -0.3 is 5.32 Å². The molecule has 0 amide bonds. The predicted octanol–water partition coefficient (Wildman–Crippen LogP) is 2.36. The highest BCUT2D eigenvalue weighted by atomic mass is 16.6. The molecule has 1 N–H and O–H groups in total. The topological polar surface area (TPSA) is 81.0 Å². The number of para-hydroxylation sites is 1. The molecule has 2 aromatic rings. The van der Waals surface area contributed by atoms with E-state index in [1.54, 1.807) is 12.1 Å². The Morgan fingerprint density at radius 2 is 2.12 bits per heavy atom. The van der Waals surface area contributed by atoms with Gasteiger partial charge >= 0.3 is 0 Å². The second-order valence-corrected chi connectivity index (χ2v) is 3.95. The minimum absolute atomic E-state index is 0.00305. The largest absolute Gasteiger partial charge is 0.367 e. The SMILES string of the molecule is CC(C)Nc1ncnc2c([N+](=O)[O-])cccc12. The average Bonchev–Trinajstić information content (AvgIpc) is 2.28. The van der Waals surface area contributed by atoms with Gasteiger partial charge in [-0.2, -0.15) is 0 Å². The van der Waals surface area contributed by atoms with E-state index in [1.165, 1.54) is 12.4 Å². The number of hydrogen-bond acceptors (Lipinski definition) is 5. The molecule has 0 aliphatic rings. The smallest absolute Gasteiger partial charge is 0.295 e. The van der Waals surface area contributed by atoms with Crippen LogP contribution in [-0.4, -0.2) is 20.9 Å². The summed E-state index contributed by atoms with van der Waals surface area (Å²) in [5.74, 6) is 0.619. The molecule has 0 fully saturated rings. The first-order valence-corrected chi connectivity index (χ1v) is 5.24. The average molecular weight is 232 g/mol. The van der Waals surface area contributed by atoms with Gasteiger partial charge in [-0.25, -0.2) is 9.97 Å². The van der Waals surface area contributed by atoms with Crippen LogP contribution in [0.4, 0.5) is 11.5 Å². The van der Waals surface area contributed by atoms with Gasteiger partial charge in [-0.15, -0.1) is 0 Å². The molecule has 0 saturated heterocycles. The van der Waals surface area contributed by atoms with Crippen molar-refractivity contribution in [3.63, 3.8) is 0 Å². The first-order chi connectivity index (χ1) is 8.09. The summed E-state index contributed by atoms with van der Waals surface area (Å²) in [6, 6.07) is 5.05. The maximum absolute atomic E-state index is 10.9. The monoisotopic (exact) mass is 232 g/mol. The third kappa shape index (κ3) is 2.15. The highest BCUT2D eigenvalue weighted by Crippen LogP contribution is 2.27. The number of nitro groups is 1. The van der Waals surface area contributed by atoms with Crippen LogP contribution in [-0.2, 0) is 0 Å². The first-order valence-electron chi connectivity index (χ1n) is 5.24. The van der Waals surface area contributed by atoms with Crippen LogP contribution in [0, 0.1) is 10.1 Å². The molecule has 0 atom stereocenters. The number of benzene rings is 1. The lowest BCUT2D eigenvalue weighted by Gasteiger charge is -2.10. The molecule has 0 radical (unpaired) electrons. The summed E-state index contributed by atoms with van der Waals surface area (Å²) in [6.45, 7) is 3.95. The molecule has 0 saturated carbocycles. The number of nitro benzene ring substituents is 1. The summed E-state index contributed by atoms with van der Waals surface area (Å²) in [6.07, 6.45) is 1.33. The molecular formula is C11H12N4O2. The molecule has 6 heteroatoms. The summed E-state index contributed by atoms with van der Waals surface area (Å²) in [4.78, 5) is 18.5. The Morgan fingerprint density at radius 3 is 2.76 bits per heavy atom. The van der Waals surface area contributed by atoms with Gasteiger partial charge in [0, 0.05) is 17.5 Å². The molecule has 0 unspecified atom stereocenters. The van der Waals surface area contributed by atoms with Crippen LogP contribution < -0.4 is 5.32 Å². The fraction of sp³-hybridized carbons (Fsp3) is 0.273. The number of anilines is 1. The van der Waals surface area contributed by atoms with Crippen LogP contribution in [0.1, 0.15) is 13.8 Å². The molecule has 1 aromatic carbocycles. The first kappa shape index (κ1) is 11.3. The fourth-order valence-corrected chi connectivity index (χ4v) is 1.61. The summed E-state index contributed by atoms with van der Waals surface area (Å²) in [5, 5.41) is 14.7. The van der Waals surface area contributed by atoms with Crippen LogP contribution in [0.3, 0.4) is 0 Å². The van der Waals surface area contributed by atoms with E-state index in [1.807, 2.05) is 13.8 Å². The summed E-state index contributed by atoms with van der Waals surface area (Å²) in [5.41, 5.74) is 0.354. The van der Waals surface area contributed by atoms with Crippen molar-refractivity contribution in [2.24, 2.45) is 0 Å². The second kappa shape index (κ2) is 4.32. The summed E-state index contributed by atoms with van der Waals surface area (Å²) >= 11 is 0. The third-order valence-electron chi connectivity index (χ3n) is 2.27.